The van der Waals surface area contributed by atoms with Crippen LogP contribution in [0.2, 0.25) is 0 Å². The molecule has 1 aliphatic heterocycles. The van der Waals surface area contributed by atoms with Gasteiger partial charge >= 0.3 is 0 Å². The Balaban J connectivity index is 1.45. The van der Waals surface area contributed by atoms with E-state index in [-0.39, 0.29) is 11.9 Å². The first-order valence-corrected chi connectivity index (χ1v) is 8.24. The van der Waals surface area contributed by atoms with E-state index in [9.17, 15) is 9.18 Å². The van der Waals surface area contributed by atoms with Gasteiger partial charge in [-0.05, 0) is 19.1 Å². The number of aromatic nitrogens is 2. The van der Waals surface area contributed by atoms with Gasteiger partial charge in [0.15, 0.2) is 0 Å². The van der Waals surface area contributed by atoms with Crippen molar-refractivity contribution in [2.45, 2.75) is 19.5 Å². The highest BCUT2D eigenvalue weighted by Crippen LogP contribution is 2.21. The van der Waals surface area contributed by atoms with Crippen molar-refractivity contribution in [3.63, 3.8) is 0 Å². The van der Waals surface area contributed by atoms with E-state index in [1.807, 2.05) is 6.92 Å². The summed E-state index contributed by atoms with van der Waals surface area (Å²) in [6.07, 6.45) is 1.50. The largest absolute Gasteiger partial charge is 0.492 e. The van der Waals surface area contributed by atoms with Crippen molar-refractivity contribution in [3.8, 4) is 5.75 Å². The van der Waals surface area contributed by atoms with E-state index < -0.39 is 5.91 Å². The lowest BCUT2D eigenvalue weighted by Crippen LogP contribution is -2.40. The van der Waals surface area contributed by atoms with Crippen molar-refractivity contribution in [1.82, 2.24) is 15.1 Å². The zero-order valence-corrected chi connectivity index (χ0v) is 14.0. The SMILES string of the molecule is C[C@H](COc1cccc(F)c1)NC[C@H]1CNc2c(C(N)=O)cnn2C1. The number of nitrogens with two attached hydrogens (primary N) is 1. The second-order valence-electron chi connectivity index (χ2n) is 6.28. The Morgan fingerprint density at radius 2 is 2.44 bits per heavy atom. The summed E-state index contributed by atoms with van der Waals surface area (Å²) in [5, 5.41) is 10.8. The predicted octanol–water partition coefficient (Wildman–Crippen LogP) is 1.22. The van der Waals surface area contributed by atoms with Crippen molar-refractivity contribution in [3.05, 3.63) is 41.8 Å². The van der Waals surface area contributed by atoms with Crippen LogP contribution in [0.15, 0.2) is 30.5 Å². The van der Waals surface area contributed by atoms with Crippen molar-refractivity contribution < 1.29 is 13.9 Å². The second-order valence-corrected chi connectivity index (χ2v) is 6.28. The van der Waals surface area contributed by atoms with E-state index >= 15 is 0 Å². The Kier molecular flexibility index (Phi) is 5.18. The van der Waals surface area contributed by atoms with E-state index in [2.05, 4.69) is 15.7 Å². The van der Waals surface area contributed by atoms with Crippen LogP contribution < -0.4 is 21.1 Å². The number of benzene rings is 1. The molecule has 1 aromatic carbocycles. The van der Waals surface area contributed by atoms with E-state index in [4.69, 9.17) is 10.5 Å². The number of nitrogens with zero attached hydrogens (tertiary/aromatic N) is 2. The fraction of sp³-hybridized carbons (Fsp3) is 0.412. The molecule has 134 valence electrons. The number of fused-ring (bicyclic) bond motifs is 1. The maximum Gasteiger partial charge on any atom is 0.254 e. The van der Waals surface area contributed by atoms with Gasteiger partial charge in [-0.2, -0.15) is 5.10 Å². The number of anilines is 1. The summed E-state index contributed by atoms with van der Waals surface area (Å²) in [6, 6.07) is 6.23. The molecule has 0 saturated heterocycles. The van der Waals surface area contributed by atoms with Gasteiger partial charge in [-0.3, -0.25) is 4.79 Å². The molecule has 0 aliphatic carbocycles. The molecule has 2 aromatic rings. The van der Waals surface area contributed by atoms with Gasteiger partial charge in [-0.15, -0.1) is 0 Å². The lowest BCUT2D eigenvalue weighted by atomic mass is 10.1. The molecule has 4 N–H and O–H groups in total. The number of amides is 1. The smallest absolute Gasteiger partial charge is 0.254 e. The highest BCUT2D eigenvalue weighted by molar-refractivity contribution is 5.97. The first-order chi connectivity index (χ1) is 12.0. The lowest BCUT2D eigenvalue weighted by Gasteiger charge is -2.27. The summed E-state index contributed by atoms with van der Waals surface area (Å²) in [5.74, 6) is 0.745. The summed E-state index contributed by atoms with van der Waals surface area (Å²) in [6.45, 7) is 4.67. The molecule has 2 heterocycles. The number of primary amides is 1. The summed E-state index contributed by atoms with van der Waals surface area (Å²) >= 11 is 0. The van der Waals surface area contributed by atoms with E-state index in [1.165, 1.54) is 18.3 Å². The standard InChI is InChI=1S/C17H22FN5O2/c1-11(10-25-14-4-2-3-13(18)5-14)20-6-12-7-21-17-15(16(19)24)8-22-23(17)9-12/h2-5,8,11-12,20-21H,6-7,9-10H2,1H3,(H2,19,24)/t11-,12+/m1/s1. The first kappa shape index (κ1) is 17.2. The van der Waals surface area contributed by atoms with Gasteiger partial charge in [0.2, 0.25) is 0 Å². The zero-order chi connectivity index (χ0) is 17.8. The van der Waals surface area contributed by atoms with Crippen molar-refractivity contribution >= 4 is 11.7 Å². The Bertz CT molecular complexity index is 748. The fourth-order valence-electron chi connectivity index (χ4n) is 2.78. The van der Waals surface area contributed by atoms with Gasteiger partial charge in [-0.25, -0.2) is 9.07 Å². The molecule has 2 atom stereocenters. The minimum absolute atomic E-state index is 0.114. The van der Waals surface area contributed by atoms with Crippen LogP contribution in [0.4, 0.5) is 10.2 Å². The molecule has 8 heteroatoms. The highest BCUT2D eigenvalue weighted by Gasteiger charge is 2.23. The molecular weight excluding hydrogens is 325 g/mol. The van der Waals surface area contributed by atoms with Gasteiger partial charge in [-0.1, -0.05) is 6.07 Å². The summed E-state index contributed by atoms with van der Waals surface area (Å²) in [5.41, 5.74) is 5.74. The average molecular weight is 347 g/mol. The lowest BCUT2D eigenvalue weighted by molar-refractivity contribution is 0.100. The minimum Gasteiger partial charge on any atom is -0.492 e. The molecule has 0 radical (unpaired) electrons. The molecule has 0 saturated carbocycles. The first-order valence-electron chi connectivity index (χ1n) is 8.24. The molecule has 0 unspecified atom stereocenters. The molecule has 0 spiro atoms. The summed E-state index contributed by atoms with van der Waals surface area (Å²) in [4.78, 5) is 11.3. The molecule has 1 amide bonds. The van der Waals surface area contributed by atoms with Gasteiger partial charge in [0.05, 0.1) is 6.20 Å². The van der Waals surface area contributed by atoms with E-state index in [0.29, 0.717) is 36.2 Å². The van der Waals surface area contributed by atoms with Crippen LogP contribution in [0.5, 0.6) is 5.75 Å². The summed E-state index contributed by atoms with van der Waals surface area (Å²) in [7, 11) is 0. The third-order valence-electron chi connectivity index (χ3n) is 4.15. The highest BCUT2D eigenvalue weighted by atomic mass is 19.1. The molecule has 25 heavy (non-hydrogen) atoms. The molecule has 7 nitrogen and oxygen atoms in total. The Morgan fingerprint density at radius 3 is 3.20 bits per heavy atom. The van der Waals surface area contributed by atoms with Gasteiger partial charge < -0.3 is 21.1 Å². The number of nitrogens with one attached hydrogen (secondary N) is 2. The normalized spacial score (nSPS) is 17.4. The molecular formula is C17H22FN5O2. The summed E-state index contributed by atoms with van der Waals surface area (Å²) < 4.78 is 20.5. The minimum atomic E-state index is -0.478. The van der Waals surface area contributed by atoms with Gasteiger partial charge in [0, 0.05) is 37.7 Å². The maximum atomic E-state index is 13.1. The number of carbonyl (C=O) groups excluding carboxylic acids is 1. The number of halogens is 1. The molecule has 1 aliphatic rings. The number of hydrogen-bond donors (Lipinski definition) is 3. The molecule has 1 aromatic heterocycles. The van der Waals surface area contributed by atoms with Gasteiger partial charge in [0.25, 0.3) is 5.91 Å². The van der Waals surface area contributed by atoms with Crippen molar-refractivity contribution in [1.29, 1.82) is 0 Å². The maximum absolute atomic E-state index is 13.1. The third kappa shape index (κ3) is 4.27. The number of hydrogen-bond acceptors (Lipinski definition) is 5. The molecule has 0 bridgehead atoms. The topological polar surface area (TPSA) is 94.2 Å². The molecule has 0 fully saturated rings. The third-order valence-corrected chi connectivity index (χ3v) is 4.15. The van der Waals surface area contributed by atoms with Crippen LogP contribution in [0.3, 0.4) is 0 Å². The van der Waals surface area contributed by atoms with Crippen LogP contribution in [0.25, 0.3) is 0 Å². The Hall–Kier alpha value is -2.61. The monoisotopic (exact) mass is 347 g/mol. The van der Waals surface area contributed by atoms with Crippen LogP contribution in [-0.4, -0.2) is 41.4 Å². The Labute approximate surface area is 145 Å². The number of rotatable bonds is 7. The van der Waals surface area contributed by atoms with Crippen LogP contribution in [0, 0.1) is 11.7 Å². The predicted molar refractivity (Wildman–Crippen MR) is 92.1 cm³/mol. The number of ether oxygens (including phenoxy) is 1. The van der Waals surface area contributed by atoms with Crippen LogP contribution >= 0.6 is 0 Å². The van der Waals surface area contributed by atoms with Gasteiger partial charge in [0.1, 0.15) is 29.6 Å². The van der Waals surface area contributed by atoms with Crippen LogP contribution in [0.1, 0.15) is 17.3 Å². The zero-order valence-electron chi connectivity index (χ0n) is 14.0. The van der Waals surface area contributed by atoms with E-state index in [0.717, 1.165) is 13.1 Å². The average Bonchev–Trinajstić information content (AvgIpc) is 3.01. The number of carbonyl (C=O) groups is 1. The van der Waals surface area contributed by atoms with Crippen LogP contribution in [-0.2, 0) is 6.54 Å². The fourth-order valence-corrected chi connectivity index (χ4v) is 2.78. The second kappa shape index (κ2) is 7.52. The quantitative estimate of drug-likeness (QED) is 0.700. The van der Waals surface area contributed by atoms with Crippen molar-refractivity contribution in [2.24, 2.45) is 11.7 Å². The molecule has 3 rings (SSSR count). The van der Waals surface area contributed by atoms with Crippen molar-refractivity contribution in [2.75, 3.05) is 25.0 Å². The Morgan fingerprint density at radius 1 is 1.60 bits per heavy atom. The van der Waals surface area contributed by atoms with E-state index in [1.54, 1.807) is 16.8 Å².